The molecule has 0 bridgehead atoms. The first kappa shape index (κ1) is 23.1. The molecule has 0 unspecified atom stereocenters. The third-order valence-electron chi connectivity index (χ3n) is 5.97. The van der Waals surface area contributed by atoms with Gasteiger partial charge in [0, 0.05) is 31.1 Å². The van der Waals surface area contributed by atoms with Crippen molar-refractivity contribution in [3.8, 4) is 28.8 Å². The smallest absolute Gasteiger partial charge is 0.435 e. The third-order valence-corrected chi connectivity index (χ3v) is 5.97. The average molecular weight is 496 g/mol. The molecule has 0 radical (unpaired) electrons. The molecular formula is C24H16F4N6O2. The van der Waals surface area contributed by atoms with Crippen molar-refractivity contribution in [1.82, 2.24) is 23.9 Å². The fraction of sp³-hybridized carbons (Fsp3) is 0.167. The number of rotatable bonds is 3. The van der Waals surface area contributed by atoms with Gasteiger partial charge in [0.1, 0.15) is 11.6 Å². The van der Waals surface area contributed by atoms with E-state index in [0.717, 1.165) is 21.4 Å². The van der Waals surface area contributed by atoms with Gasteiger partial charge in [0.25, 0.3) is 0 Å². The van der Waals surface area contributed by atoms with E-state index in [2.05, 4.69) is 10.1 Å². The number of halogens is 4. The number of hydrogen-bond acceptors (Lipinski definition) is 5. The zero-order valence-electron chi connectivity index (χ0n) is 19.1. The minimum atomic E-state index is -4.65. The molecule has 0 amide bonds. The van der Waals surface area contributed by atoms with Crippen LogP contribution in [0.25, 0.3) is 38.9 Å². The van der Waals surface area contributed by atoms with Gasteiger partial charge >= 0.3 is 11.9 Å². The number of benzene rings is 2. The van der Waals surface area contributed by atoms with Crippen LogP contribution in [0.2, 0.25) is 0 Å². The maximum atomic E-state index is 15.0. The fourth-order valence-electron chi connectivity index (χ4n) is 4.23. The second-order valence-corrected chi connectivity index (χ2v) is 8.05. The van der Waals surface area contributed by atoms with Gasteiger partial charge in [0.2, 0.25) is 0 Å². The number of aryl methyl sites for hydroxylation is 2. The number of alkyl halides is 3. The van der Waals surface area contributed by atoms with Gasteiger partial charge in [-0.15, -0.1) is 0 Å². The second kappa shape index (κ2) is 7.94. The number of ether oxygens (including phenoxy) is 1. The van der Waals surface area contributed by atoms with Gasteiger partial charge < -0.3 is 4.74 Å². The van der Waals surface area contributed by atoms with Crippen LogP contribution in [0.1, 0.15) is 11.3 Å². The average Bonchev–Trinajstić information content (AvgIpc) is 3.36. The van der Waals surface area contributed by atoms with E-state index >= 15 is 0 Å². The maximum absolute atomic E-state index is 15.0. The lowest BCUT2D eigenvalue weighted by Gasteiger charge is -2.12. The Hall–Kier alpha value is -4.66. The molecule has 0 saturated carbocycles. The molecule has 0 atom stereocenters. The van der Waals surface area contributed by atoms with E-state index < -0.39 is 23.4 Å². The van der Waals surface area contributed by atoms with Crippen molar-refractivity contribution >= 4 is 21.9 Å². The molecule has 0 spiro atoms. The predicted octanol–water partition coefficient (Wildman–Crippen LogP) is 4.32. The van der Waals surface area contributed by atoms with Crippen molar-refractivity contribution in [3.63, 3.8) is 0 Å². The number of pyridine rings is 1. The molecule has 12 heteroatoms. The summed E-state index contributed by atoms with van der Waals surface area (Å²) in [6, 6.07) is 9.54. The lowest BCUT2D eigenvalue weighted by molar-refractivity contribution is -0.141. The number of nitriles is 1. The zero-order valence-corrected chi connectivity index (χ0v) is 19.1. The van der Waals surface area contributed by atoms with Gasteiger partial charge in [-0.3, -0.25) is 18.8 Å². The van der Waals surface area contributed by atoms with Crippen molar-refractivity contribution < 1.29 is 22.3 Å². The third kappa shape index (κ3) is 3.39. The van der Waals surface area contributed by atoms with E-state index in [-0.39, 0.29) is 28.3 Å². The van der Waals surface area contributed by atoms with E-state index in [0.29, 0.717) is 21.9 Å². The molecule has 5 aromatic rings. The number of imidazole rings is 1. The van der Waals surface area contributed by atoms with Gasteiger partial charge in [-0.25, -0.2) is 9.18 Å². The number of methoxy groups -OCH3 is 1. The Morgan fingerprint density at radius 1 is 1.11 bits per heavy atom. The normalized spacial score (nSPS) is 11.8. The molecule has 182 valence electrons. The highest BCUT2D eigenvalue weighted by molar-refractivity contribution is 6.05. The molecule has 3 aromatic heterocycles. The van der Waals surface area contributed by atoms with Gasteiger partial charge in [0.15, 0.2) is 5.69 Å². The van der Waals surface area contributed by atoms with E-state index in [4.69, 9.17) is 10.00 Å². The van der Waals surface area contributed by atoms with Crippen molar-refractivity contribution in [2.45, 2.75) is 6.18 Å². The summed E-state index contributed by atoms with van der Waals surface area (Å²) in [5.74, 6) is -0.552. The monoisotopic (exact) mass is 496 g/mol. The summed E-state index contributed by atoms with van der Waals surface area (Å²) < 4.78 is 63.9. The van der Waals surface area contributed by atoms with Crippen LogP contribution in [0.15, 0.2) is 47.4 Å². The molecule has 36 heavy (non-hydrogen) atoms. The second-order valence-electron chi connectivity index (χ2n) is 8.05. The minimum absolute atomic E-state index is 0.0831. The lowest BCUT2D eigenvalue weighted by Crippen LogP contribution is -2.21. The van der Waals surface area contributed by atoms with Gasteiger partial charge in [-0.2, -0.15) is 23.5 Å². The van der Waals surface area contributed by atoms with Crippen LogP contribution in [-0.4, -0.2) is 31.0 Å². The summed E-state index contributed by atoms with van der Waals surface area (Å²) in [6.45, 7) is 0. The molecule has 0 N–H and O–H groups in total. The first-order valence-electron chi connectivity index (χ1n) is 10.4. The number of aromatic nitrogens is 5. The quantitative estimate of drug-likeness (QED) is 0.347. The standard InChI is InChI=1S/C24H16F4N6O2/c1-32-19-11-30-16-8-20(36-3)14(18-9-21(24(26,27)28)31-33(18)2)7-13(16)22(19)34(23(32)35)17-5-4-12(10-29)6-15(17)25/h4-9,11H,1-3H3. The molecule has 0 saturated heterocycles. The maximum Gasteiger partial charge on any atom is 0.435 e. The van der Waals surface area contributed by atoms with Gasteiger partial charge in [-0.1, -0.05) is 0 Å². The lowest BCUT2D eigenvalue weighted by atomic mass is 10.0. The van der Waals surface area contributed by atoms with E-state index in [1.54, 1.807) is 0 Å². The van der Waals surface area contributed by atoms with Gasteiger partial charge in [0.05, 0.1) is 52.9 Å². The first-order chi connectivity index (χ1) is 17.0. The predicted molar refractivity (Wildman–Crippen MR) is 122 cm³/mol. The number of fused-ring (bicyclic) bond motifs is 3. The largest absolute Gasteiger partial charge is 0.496 e. The molecule has 0 aliphatic heterocycles. The highest BCUT2D eigenvalue weighted by Crippen LogP contribution is 2.38. The van der Waals surface area contributed by atoms with Crippen LogP contribution in [-0.2, 0) is 20.3 Å². The summed E-state index contributed by atoms with van der Waals surface area (Å²) in [5, 5.41) is 13.0. The van der Waals surface area contributed by atoms with Crippen LogP contribution in [0.4, 0.5) is 17.6 Å². The molecule has 2 aromatic carbocycles. The summed E-state index contributed by atoms with van der Waals surface area (Å²) in [6.07, 6.45) is -3.20. The Kier molecular flexibility index (Phi) is 5.10. The molecular weight excluding hydrogens is 480 g/mol. The molecule has 0 aliphatic rings. The topological polar surface area (TPSA) is 90.7 Å². The first-order valence-corrected chi connectivity index (χ1v) is 10.4. The summed E-state index contributed by atoms with van der Waals surface area (Å²) in [7, 11) is 4.24. The molecule has 8 nitrogen and oxygen atoms in total. The Morgan fingerprint density at radius 3 is 2.47 bits per heavy atom. The molecule has 5 rings (SSSR count). The summed E-state index contributed by atoms with van der Waals surface area (Å²) in [5.41, 5.74) is -0.231. The minimum Gasteiger partial charge on any atom is -0.496 e. The Balaban J connectivity index is 1.89. The molecule has 0 aliphatic carbocycles. The number of nitrogens with zero attached hydrogens (tertiary/aromatic N) is 6. The number of hydrogen-bond donors (Lipinski definition) is 0. The van der Waals surface area contributed by atoms with E-state index in [1.807, 2.05) is 6.07 Å². The van der Waals surface area contributed by atoms with Crippen molar-refractivity contribution in [3.05, 3.63) is 70.2 Å². The van der Waals surface area contributed by atoms with E-state index in [9.17, 15) is 22.4 Å². The molecule has 3 heterocycles. The summed E-state index contributed by atoms with van der Waals surface area (Å²) in [4.78, 5) is 17.6. The van der Waals surface area contributed by atoms with Crippen molar-refractivity contribution in [1.29, 1.82) is 5.26 Å². The van der Waals surface area contributed by atoms with Crippen molar-refractivity contribution in [2.24, 2.45) is 14.1 Å². The van der Waals surface area contributed by atoms with E-state index in [1.165, 1.54) is 56.2 Å². The Bertz CT molecular complexity index is 1790. The molecule has 0 fully saturated rings. The Morgan fingerprint density at radius 2 is 1.86 bits per heavy atom. The fourth-order valence-corrected chi connectivity index (χ4v) is 4.23. The highest BCUT2D eigenvalue weighted by atomic mass is 19.4. The summed E-state index contributed by atoms with van der Waals surface area (Å²) >= 11 is 0. The van der Waals surface area contributed by atoms with Crippen LogP contribution in [0, 0.1) is 17.1 Å². The van der Waals surface area contributed by atoms with Crippen LogP contribution < -0.4 is 10.4 Å². The SMILES string of the molecule is COc1cc2ncc3c(c2cc1-c1cc(C(F)(F)F)nn1C)n(-c1ccc(C#N)cc1F)c(=O)n3C. The van der Waals surface area contributed by atoms with Crippen LogP contribution in [0.3, 0.4) is 0 Å². The van der Waals surface area contributed by atoms with Crippen LogP contribution in [0.5, 0.6) is 5.75 Å². The van der Waals surface area contributed by atoms with Crippen LogP contribution >= 0.6 is 0 Å². The van der Waals surface area contributed by atoms with Gasteiger partial charge in [-0.05, 0) is 30.3 Å². The Labute approximate surface area is 200 Å². The highest BCUT2D eigenvalue weighted by Gasteiger charge is 2.35. The zero-order chi connectivity index (χ0) is 25.9. The van der Waals surface area contributed by atoms with Crippen molar-refractivity contribution in [2.75, 3.05) is 7.11 Å².